The fraction of sp³-hybridized carbons (Fsp3) is 0.594. The molecule has 0 aliphatic carbocycles. The molecule has 226 valence electrons. The van der Waals surface area contributed by atoms with Gasteiger partial charge in [0.05, 0.1) is 30.4 Å². The zero-order chi connectivity index (χ0) is 29.5. The molecular formula is C32H47N3O6. The van der Waals surface area contributed by atoms with Gasteiger partial charge in [-0.25, -0.2) is 0 Å². The van der Waals surface area contributed by atoms with Crippen LogP contribution in [0.15, 0.2) is 36.4 Å². The summed E-state index contributed by atoms with van der Waals surface area (Å²) in [4.78, 5) is 20.1. The second-order valence-electron chi connectivity index (χ2n) is 11.8. The summed E-state index contributed by atoms with van der Waals surface area (Å²) in [5, 5.41) is 10.1. The number of carbonyl (C=O) groups is 1. The van der Waals surface area contributed by atoms with E-state index in [1.54, 1.807) is 4.90 Å². The van der Waals surface area contributed by atoms with Crippen molar-refractivity contribution in [2.24, 2.45) is 5.92 Å². The Morgan fingerprint density at radius 1 is 1.02 bits per heavy atom. The third-order valence-corrected chi connectivity index (χ3v) is 7.93. The van der Waals surface area contributed by atoms with E-state index < -0.39 is 0 Å². The standard InChI is InChI=1S/C32H47N3O6/c1-22-17-35(23(2)20-36)32(37)27-16-26(33(4)5)11-13-28(27)41-24(3)9-7-8-14-38-31(22)19-34(6)18-25-10-12-29-30(15-25)40-21-39-29/h10-13,15-16,22-24,31,36H,7-9,14,17-21H2,1-6H3/t22-,23-,24+,31-/m1/s1. The van der Waals surface area contributed by atoms with Crippen LogP contribution >= 0.6 is 0 Å². The molecule has 9 heteroatoms. The van der Waals surface area contributed by atoms with Crippen molar-refractivity contribution in [3.8, 4) is 17.2 Å². The van der Waals surface area contributed by atoms with Crippen LogP contribution in [-0.4, -0.2) is 93.3 Å². The lowest BCUT2D eigenvalue weighted by molar-refractivity contribution is -0.0177. The number of hydrogen-bond acceptors (Lipinski definition) is 8. The number of hydrogen-bond donors (Lipinski definition) is 1. The van der Waals surface area contributed by atoms with Gasteiger partial charge in [-0.15, -0.1) is 0 Å². The third kappa shape index (κ3) is 8.05. The van der Waals surface area contributed by atoms with Crippen molar-refractivity contribution in [3.63, 3.8) is 0 Å². The number of fused-ring (bicyclic) bond motifs is 2. The Labute approximate surface area is 244 Å². The van der Waals surface area contributed by atoms with Gasteiger partial charge in [-0.05, 0) is 76.1 Å². The quantitative estimate of drug-likeness (QED) is 0.525. The molecule has 4 rings (SSSR count). The van der Waals surface area contributed by atoms with Crippen molar-refractivity contribution in [1.29, 1.82) is 0 Å². The van der Waals surface area contributed by atoms with Crippen LogP contribution in [0.2, 0.25) is 0 Å². The third-order valence-electron chi connectivity index (χ3n) is 7.93. The smallest absolute Gasteiger partial charge is 0.258 e. The topological polar surface area (TPSA) is 83.9 Å². The van der Waals surface area contributed by atoms with Crippen LogP contribution in [0, 0.1) is 5.92 Å². The van der Waals surface area contributed by atoms with Crippen molar-refractivity contribution >= 4 is 11.6 Å². The van der Waals surface area contributed by atoms with Crippen LogP contribution in [0.5, 0.6) is 17.2 Å². The van der Waals surface area contributed by atoms with E-state index in [9.17, 15) is 9.90 Å². The SMILES string of the molecule is C[C@@H]1CN([C@H](C)CO)C(=O)c2cc(N(C)C)ccc2O[C@@H](C)CCCCO[C@@H]1CN(C)Cc1ccc2c(c1)OCO2. The molecular weight excluding hydrogens is 522 g/mol. The van der Waals surface area contributed by atoms with E-state index in [4.69, 9.17) is 18.9 Å². The average molecular weight is 570 g/mol. The van der Waals surface area contributed by atoms with E-state index in [2.05, 4.69) is 24.9 Å². The summed E-state index contributed by atoms with van der Waals surface area (Å²) in [6, 6.07) is 11.5. The van der Waals surface area contributed by atoms with Crippen LogP contribution in [0.1, 0.15) is 56.0 Å². The fourth-order valence-corrected chi connectivity index (χ4v) is 5.37. The van der Waals surface area contributed by atoms with Crippen LogP contribution in [0.25, 0.3) is 0 Å². The first-order valence-corrected chi connectivity index (χ1v) is 14.7. The molecule has 1 amide bonds. The summed E-state index contributed by atoms with van der Waals surface area (Å²) in [6.45, 7) is 8.71. The molecule has 0 spiro atoms. The molecule has 0 radical (unpaired) electrons. The Balaban J connectivity index is 1.57. The molecule has 0 unspecified atom stereocenters. The normalized spacial score (nSPS) is 22.6. The second kappa shape index (κ2) is 14.2. The molecule has 2 aliphatic heterocycles. The minimum atomic E-state index is -0.363. The molecule has 0 aromatic heterocycles. The molecule has 2 aromatic carbocycles. The van der Waals surface area contributed by atoms with E-state index >= 15 is 0 Å². The lowest BCUT2D eigenvalue weighted by Crippen LogP contribution is -2.47. The molecule has 2 aliphatic rings. The van der Waals surface area contributed by atoms with E-state index in [1.165, 1.54) is 0 Å². The number of amides is 1. The minimum absolute atomic E-state index is 0.0235. The highest BCUT2D eigenvalue weighted by molar-refractivity contribution is 5.98. The van der Waals surface area contributed by atoms with E-state index in [0.29, 0.717) is 31.0 Å². The first-order valence-electron chi connectivity index (χ1n) is 14.7. The first-order chi connectivity index (χ1) is 19.7. The molecule has 1 N–H and O–H groups in total. The lowest BCUT2D eigenvalue weighted by atomic mass is 10.0. The van der Waals surface area contributed by atoms with Gasteiger partial charge in [0.1, 0.15) is 5.75 Å². The van der Waals surface area contributed by atoms with Crippen LogP contribution in [0.3, 0.4) is 0 Å². The predicted molar refractivity (Wildman–Crippen MR) is 160 cm³/mol. The zero-order valence-electron chi connectivity index (χ0n) is 25.5. The number of aliphatic hydroxyl groups is 1. The van der Waals surface area contributed by atoms with Gasteiger partial charge in [-0.2, -0.15) is 0 Å². The molecule has 2 aromatic rings. The minimum Gasteiger partial charge on any atom is -0.490 e. The Kier molecular flexibility index (Phi) is 10.8. The number of aliphatic hydroxyl groups excluding tert-OH is 1. The van der Waals surface area contributed by atoms with Crippen LogP contribution in [0.4, 0.5) is 5.69 Å². The highest BCUT2D eigenvalue weighted by Crippen LogP contribution is 2.33. The predicted octanol–water partition coefficient (Wildman–Crippen LogP) is 4.41. The lowest BCUT2D eigenvalue weighted by Gasteiger charge is -2.36. The Morgan fingerprint density at radius 2 is 1.78 bits per heavy atom. The van der Waals surface area contributed by atoms with Gasteiger partial charge in [0, 0.05) is 51.9 Å². The summed E-state index contributed by atoms with van der Waals surface area (Å²) in [5.41, 5.74) is 2.58. The highest BCUT2D eigenvalue weighted by atomic mass is 16.7. The maximum absolute atomic E-state index is 14.1. The molecule has 41 heavy (non-hydrogen) atoms. The van der Waals surface area contributed by atoms with Gasteiger partial charge in [0.2, 0.25) is 6.79 Å². The number of carbonyl (C=O) groups excluding carboxylic acids is 1. The Hall–Kier alpha value is -3.01. The van der Waals surface area contributed by atoms with Crippen molar-refractivity contribution < 1.29 is 28.8 Å². The molecule has 0 fully saturated rings. The highest BCUT2D eigenvalue weighted by Gasteiger charge is 2.30. The summed E-state index contributed by atoms with van der Waals surface area (Å²) < 4.78 is 23.8. The van der Waals surface area contributed by atoms with Gasteiger partial charge in [0.15, 0.2) is 11.5 Å². The van der Waals surface area contributed by atoms with Crippen molar-refractivity contribution in [1.82, 2.24) is 9.80 Å². The van der Waals surface area contributed by atoms with Gasteiger partial charge >= 0.3 is 0 Å². The summed E-state index contributed by atoms with van der Waals surface area (Å²) in [6.07, 6.45) is 2.64. The zero-order valence-corrected chi connectivity index (χ0v) is 25.5. The number of anilines is 1. The number of ether oxygens (including phenoxy) is 4. The molecule has 0 saturated heterocycles. The maximum Gasteiger partial charge on any atom is 0.258 e. The van der Waals surface area contributed by atoms with Crippen molar-refractivity contribution in [2.75, 3.05) is 59.1 Å². The van der Waals surface area contributed by atoms with Crippen molar-refractivity contribution in [3.05, 3.63) is 47.5 Å². The van der Waals surface area contributed by atoms with Crippen LogP contribution < -0.4 is 19.1 Å². The number of benzene rings is 2. The van der Waals surface area contributed by atoms with E-state index in [-0.39, 0.29) is 43.5 Å². The van der Waals surface area contributed by atoms with Gasteiger partial charge < -0.3 is 33.9 Å². The maximum atomic E-state index is 14.1. The average Bonchev–Trinajstić information content (AvgIpc) is 3.42. The summed E-state index contributed by atoms with van der Waals surface area (Å²) in [7, 11) is 6.00. The van der Waals surface area contributed by atoms with Gasteiger partial charge in [0.25, 0.3) is 5.91 Å². The molecule has 0 bridgehead atoms. The van der Waals surface area contributed by atoms with Gasteiger partial charge in [-0.1, -0.05) is 13.0 Å². The second-order valence-corrected chi connectivity index (χ2v) is 11.8. The van der Waals surface area contributed by atoms with Crippen molar-refractivity contribution in [2.45, 2.75) is 64.8 Å². The molecule has 2 heterocycles. The van der Waals surface area contributed by atoms with E-state index in [1.807, 2.05) is 63.2 Å². The molecule has 4 atom stereocenters. The summed E-state index contributed by atoms with van der Waals surface area (Å²) >= 11 is 0. The molecule has 9 nitrogen and oxygen atoms in total. The summed E-state index contributed by atoms with van der Waals surface area (Å²) in [5.74, 6) is 2.02. The molecule has 0 saturated carbocycles. The number of likely N-dealkylation sites (N-methyl/N-ethyl adjacent to an activating group) is 1. The fourth-order valence-electron chi connectivity index (χ4n) is 5.37. The number of nitrogens with zero attached hydrogens (tertiary/aromatic N) is 3. The Bertz CT molecular complexity index is 1160. The number of rotatable bonds is 7. The van der Waals surface area contributed by atoms with Gasteiger partial charge in [-0.3, -0.25) is 9.69 Å². The Morgan fingerprint density at radius 3 is 2.54 bits per heavy atom. The first kappa shape index (κ1) is 30.9. The van der Waals surface area contributed by atoms with Crippen LogP contribution in [-0.2, 0) is 11.3 Å². The monoisotopic (exact) mass is 569 g/mol. The van der Waals surface area contributed by atoms with E-state index in [0.717, 1.165) is 48.6 Å². The largest absolute Gasteiger partial charge is 0.490 e.